The highest BCUT2D eigenvalue weighted by Crippen LogP contribution is 2.19. The zero-order chi connectivity index (χ0) is 13.0. The average Bonchev–Trinajstić information content (AvgIpc) is 2.40. The lowest BCUT2D eigenvalue weighted by molar-refractivity contribution is 0.299. The predicted octanol–water partition coefficient (Wildman–Crippen LogP) is 3.63. The van der Waals surface area contributed by atoms with Gasteiger partial charge in [-0.05, 0) is 35.9 Å². The Morgan fingerprint density at radius 1 is 1.17 bits per heavy atom. The van der Waals surface area contributed by atoms with E-state index in [-0.39, 0.29) is 12.4 Å². The van der Waals surface area contributed by atoms with Gasteiger partial charge in [-0.2, -0.15) is 0 Å². The van der Waals surface area contributed by atoms with Crippen LogP contribution in [0.15, 0.2) is 46.9 Å². The van der Waals surface area contributed by atoms with Crippen LogP contribution in [0, 0.1) is 5.82 Å². The van der Waals surface area contributed by atoms with Gasteiger partial charge in [0.25, 0.3) is 0 Å². The summed E-state index contributed by atoms with van der Waals surface area (Å²) in [4.78, 5) is 0. The van der Waals surface area contributed by atoms with Crippen molar-refractivity contribution in [1.82, 2.24) is 0 Å². The second-order valence-electron chi connectivity index (χ2n) is 3.88. The molecular formula is C14H13BrFNO. The molecule has 4 heteroatoms. The molecule has 94 valence electrons. The monoisotopic (exact) mass is 309 g/mol. The van der Waals surface area contributed by atoms with E-state index in [2.05, 4.69) is 15.9 Å². The number of nitrogens with two attached hydrogens (primary N) is 1. The SMILES string of the molecule is NCc1cccc(OCc2cc(Br)ccc2F)c1. The second-order valence-corrected chi connectivity index (χ2v) is 4.79. The molecule has 0 heterocycles. The van der Waals surface area contributed by atoms with Crippen LogP contribution in [0.25, 0.3) is 0 Å². The second kappa shape index (κ2) is 5.98. The molecule has 0 atom stereocenters. The molecule has 18 heavy (non-hydrogen) atoms. The normalized spacial score (nSPS) is 10.4. The Labute approximate surface area is 114 Å². The number of rotatable bonds is 4. The van der Waals surface area contributed by atoms with E-state index in [0.29, 0.717) is 17.9 Å². The van der Waals surface area contributed by atoms with Crippen molar-refractivity contribution in [2.75, 3.05) is 0 Å². The van der Waals surface area contributed by atoms with Crippen molar-refractivity contribution in [2.45, 2.75) is 13.2 Å². The summed E-state index contributed by atoms with van der Waals surface area (Å²) in [7, 11) is 0. The highest BCUT2D eigenvalue weighted by molar-refractivity contribution is 9.10. The summed E-state index contributed by atoms with van der Waals surface area (Å²) in [5.74, 6) is 0.422. The molecule has 0 bridgehead atoms. The van der Waals surface area contributed by atoms with Gasteiger partial charge >= 0.3 is 0 Å². The van der Waals surface area contributed by atoms with E-state index in [0.717, 1.165) is 10.0 Å². The van der Waals surface area contributed by atoms with Crippen LogP contribution in [0.2, 0.25) is 0 Å². The largest absolute Gasteiger partial charge is 0.489 e. The first-order valence-corrected chi connectivity index (χ1v) is 6.34. The molecule has 0 saturated heterocycles. The van der Waals surface area contributed by atoms with Crippen molar-refractivity contribution in [3.63, 3.8) is 0 Å². The quantitative estimate of drug-likeness (QED) is 0.936. The third kappa shape index (κ3) is 3.31. The molecule has 0 spiro atoms. The third-order valence-corrected chi connectivity index (χ3v) is 3.03. The van der Waals surface area contributed by atoms with Crippen molar-refractivity contribution in [3.8, 4) is 5.75 Å². The summed E-state index contributed by atoms with van der Waals surface area (Å²) in [6.07, 6.45) is 0. The van der Waals surface area contributed by atoms with Gasteiger partial charge in [0.1, 0.15) is 18.2 Å². The summed E-state index contributed by atoms with van der Waals surface area (Å²) in [5.41, 5.74) is 7.05. The molecule has 2 aromatic carbocycles. The maximum atomic E-state index is 13.5. The summed E-state index contributed by atoms with van der Waals surface area (Å²) >= 11 is 3.31. The van der Waals surface area contributed by atoms with Crippen LogP contribution in [-0.4, -0.2) is 0 Å². The predicted molar refractivity (Wildman–Crippen MR) is 72.8 cm³/mol. The van der Waals surface area contributed by atoms with Crippen LogP contribution in [-0.2, 0) is 13.2 Å². The maximum Gasteiger partial charge on any atom is 0.129 e. The summed E-state index contributed by atoms with van der Waals surface area (Å²) in [6, 6.07) is 12.3. The topological polar surface area (TPSA) is 35.2 Å². The van der Waals surface area contributed by atoms with Crippen molar-refractivity contribution in [1.29, 1.82) is 0 Å². The number of ether oxygens (including phenoxy) is 1. The van der Waals surface area contributed by atoms with Crippen LogP contribution in [0.5, 0.6) is 5.75 Å². The molecule has 0 saturated carbocycles. The Kier molecular flexibility index (Phi) is 4.33. The Hall–Kier alpha value is -1.39. The van der Waals surface area contributed by atoms with E-state index in [4.69, 9.17) is 10.5 Å². The summed E-state index contributed by atoms with van der Waals surface area (Å²) < 4.78 is 19.9. The highest BCUT2D eigenvalue weighted by Gasteiger charge is 2.04. The molecule has 2 nitrogen and oxygen atoms in total. The Balaban J connectivity index is 2.08. The van der Waals surface area contributed by atoms with Crippen LogP contribution < -0.4 is 10.5 Å². The summed E-state index contributed by atoms with van der Waals surface area (Å²) in [6.45, 7) is 0.655. The lowest BCUT2D eigenvalue weighted by Gasteiger charge is -2.08. The number of halogens is 2. The van der Waals surface area contributed by atoms with Crippen LogP contribution >= 0.6 is 15.9 Å². The number of hydrogen-bond acceptors (Lipinski definition) is 2. The first-order valence-electron chi connectivity index (χ1n) is 5.55. The molecule has 0 aliphatic rings. The standard InChI is InChI=1S/C14H13BrFNO/c15-12-4-5-14(16)11(7-12)9-18-13-3-1-2-10(6-13)8-17/h1-7H,8-9,17H2. The van der Waals surface area contributed by atoms with E-state index >= 15 is 0 Å². The maximum absolute atomic E-state index is 13.5. The van der Waals surface area contributed by atoms with Crippen LogP contribution in [0.3, 0.4) is 0 Å². The molecule has 0 amide bonds. The molecular weight excluding hydrogens is 297 g/mol. The lowest BCUT2D eigenvalue weighted by atomic mass is 10.2. The molecule has 0 unspecified atom stereocenters. The van der Waals surface area contributed by atoms with Gasteiger partial charge in [0.05, 0.1) is 0 Å². The molecule has 0 radical (unpaired) electrons. The fraction of sp³-hybridized carbons (Fsp3) is 0.143. The minimum atomic E-state index is -0.270. The molecule has 2 N–H and O–H groups in total. The first kappa shape index (κ1) is 13.1. The van der Waals surface area contributed by atoms with Gasteiger partial charge in [0.2, 0.25) is 0 Å². The van der Waals surface area contributed by atoms with E-state index < -0.39 is 0 Å². The van der Waals surface area contributed by atoms with Gasteiger partial charge in [-0.25, -0.2) is 4.39 Å². The van der Waals surface area contributed by atoms with Crippen molar-refractivity contribution >= 4 is 15.9 Å². The van der Waals surface area contributed by atoms with Crippen LogP contribution in [0.1, 0.15) is 11.1 Å². The van der Waals surface area contributed by atoms with Crippen molar-refractivity contribution in [3.05, 3.63) is 63.9 Å². The first-order chi connectivity index (χ1) is 8.69. The number of hydrogen-bond donors (Lipinski definition) is 1. The fourth-order valence-corrected chi connectivity index (χ4v) is 1.99. The zero-order valence-corrected chi connectivity index (χ0v) is 11.3. The molecule has 0 fully saturated rings. The Morgan fingerprint density at radius 2 is 2.00 bits per heavy atom. The van der Waals surface area contributed by atoms with Crippen molar-refractivity contribution in [2.24, 2.45) is 5.73 Å². The summed E-state index contributed by atoms with van der Waals surface area (Å²) in [5, 5.41) is 0. The Morgan fingerprint density at radius 3 is 2.78 bits per heavy atom. The smallest absolute Gasteiger partial charge is 0.129 e. The van der Waals surface area contributed by atoms with Gasteiger partial charge in [-0.3, -0.25) is 0 Å². The molecule has 2 aromatic rings. The molecule has 2 rings (SSSR count). The highest BCUT2D eigenvalue weighted by atomic mass is 79.9. The number of benzene rings is 2. The van der Waals surface area contributed by atoms with Gasteiger partial charge in [0, 0.05) is 16.6 Å². The van der Waals surface area contributed by atoms with E-state index in [9.17, 15) is 4.39 Å². The van der Waals surface area contributed by atoms with E-state index in [1.54, 1.807) is 12.1 Å². The third-order valence-electron chi connectivity index (χ3n) is 2.54. The zero-order valence-electron chi connectivity index (χ0n) is 9.70. The fourth-order valence-electron chi connectivity index (χ4n) is 1.58. The van der Waals surface area contributed by atoms with Crippen LogP contribution in [0.4, 0.5) is 4.39 Å². The Bertz CT molecular complexity index is 545. The van der Waals surface area contributed by atoms with Crippen molar-refractivity contribution < 1.29 is 9.13 Å². The van der Waals surface area contributed by atoms with E-state index in [1.807, 2.05) is 24.3 Å². The van der Waals surface area contributed by atoms with Gasteiger partial charge in [-0.1, -0.05) is 28.1 Å². The van der Waals surface area contributed by atoms with Gasteiger partial charge < -0.3 is 10.5 Å². The molecule has 0 aliphatic carbocycles. The average molecular weight is 310 g/mol. The van der Waals surface area contributed by atoms with Gasteiger partial charge in [0.15, 0.2) is 0 Å². The minimum absolute atomic E-state index is 0.194. The molecule has 0 aromatic heterocycles. The lowest BCUT2D eigenvalue weighted by Crippen LogP contribution is -2.00. The minimum Gasteiger partial charge on any atom is -0.489 e. The van der Waals surface area contributed by atoms with E-state index in [1.165, 1.54) is 6.07 Å². The molecule has 0 aliphatic heterocycles. The van der Waals surface area contributed by atoms with Gasteiger partial charge in [-0.15, -0.1) is 0 Å².